The van der Waals surface area contributed by atoms with Crippen LogP contribution < -0.4 is 11.1 Å². The Labute approximate surface area is 118 Å². The van der Waals surface area contributed by atoms with E-state index in [2.05, 4.69) is 5.32 Å². The first kappa shape index (κ1) is 14.4. The highest BCUT2D eigenvalue weighted by Crippen LogP contribution is 2.20. The van der Waals surface area contributed by atoms with Crippen LogP contribution >= 0.6 is 0 Å². The van der Waals surface area contributed by atoms with Gasteiger partial charge in [0, 0.05) is 11.8 Å². The normalized spacial score (nSPS) is 10.2. The molecule has 2 aromatic carbocycles. The van der Waals surface area contributed by atoms with Crippen molar-refractivity contribution in [2.24, 2.45) is 0 Å². The van der Waals surface area contributed by atoms with Crippen molar-refractivity contribution in [1.29, 1.82) is 0 Å². The second-order valence-corrected chi connectivity index (χ2v) is 4.19. The van der Waals surface area contributed by atoms with E-state index >= 15 is 0 Å². The third-order valence-electron chi connectivity index (χ3n) is 2.70. The summed E-state index contributed by atoms with van der Waals surface area (Å²) in [6.07, 6.45) is 0. The number of carboxylic acid groups (broad SMARTS) is 1. The molecule has 0 saturated carbocycles. The predicted molar refractivity (Wildman–Crippen MR) is 72.1 cm³/mol. The molecule has 2 aromatic rings. The van der Waals surface area contributed by atoms with E-state index in [1.165, 1.54) is 18.2 Å². The molecule has 0 bridgehead atoms. The molecule has 0 unspecified atom stereocenters. The maximum atomic E-state index is 13.5. The number of nitrogens with one attached hydrogen (secondary N) is 1. The van der Waals surface area contributed by atoms with E-state index in [4.69, 9.17) is 10.8 Å². The smallest absolute Gasteiger partial charge is 0.337 e. The Kier molecular flexibility index (Phi) is 3.84. The van der Waals surface area contributed by atoms with Gasteiger partial charge in [-0.15, -0.1) is 0 Å². The molecule has 0 aliphatic carbocycles. The van der Waals surface area contributed by atoms with Gasteiger partial charge in [0.25, 0.3) is 5.91 Å². The van der Waals surface area contributed by atoms with Crippen molar-refractivity contribution in [3.8, 4) is 0 Å². The van der Waals surface area contributed by atoms with Crippen molar-refractivity contribution < 1.29 is 23.5 Å². The highest BCUT2D eigenvalue weighted by molar-refractivity contribution is 6.08. The topological polar surface area (TPSA) is 92.4 Å². The average Bonchev–Trinajstić information content (AvgIpc) is 2.40. The summed E-state index contributed by atoms with van der Waals surface area (Å²) in [7, 11) is 0. The highest BCUT2D eigenvalue weighted by atomic mass is 19.1. The van der Waals surface area contributed by atoms with Gasteiger partial charge in [0.1, 0.15) is 11.6 Å². The summed E-state index contributed by atoms with van der Waals surface area (Å²) >= 11 is 0. The van der Waals surface area contributed by atoms with Crippen molar-refractivity contribution in [3.63, 3.8) is 0 Å². The molecule has 0 atom stereocenters. The average molecular weight is 292 g/mol. The van der Waals surface area contributed by atoms with Crippen LogP contribution in [-0.4, -0.2) is 17.0 Å². The van der Waals surface area contributed by atoms with Crippen molar-refractivity contribution in [3.05, 3.63) is 59.2 Å². The Morgan fingerprint density at radius 2 is 1.76 bits per heavy atom. The van der Waals surface area contributed by atoms with Gasteiger partial charge < -0.3 is 16.2 Å². The monoisotopic (exact) mass is 292 g/mol. The molecular weight excluding hydrogens is 282 g/mol. The number of aromatic carboxylic acids is 1. The molecule has 0 saturated heterocycles. The van der Waals surface area contributed by atoms with Crippen molar-refractivity contribution in [1.82, 2.24) is 0 Å². The van der Waals surface area contributed by atoms with E-state index in [0.717, 1.165) is 12.1 Å². The molecule has 108 valence electrons. The molecular formula is C14H10F2N2O3. The van der Waals surface area contributed by atoms with Crippen molar-refractivity contribution in [2.45, 2.75) is 0 Å². The van der Waals surface area contributed by atoms with Crippen LogP contribution in [-0.2, 0) is 0 Å². The summed E-state index contributed by atoms with van der Waals surface area (Å²) in [5.41, 5.74) is 5.01. The standard InChI is InChI=1S/C14H10F2N2O3/c15-7-1-3-9(11(16)5-7)13(19)18-12-4-2-8(17)6-10(12)14(20)21/h1-6H,17H2,(H,18,19)(H,20,21). The third kappa shape index (κ3) is 3.14. The van der Waals surface area contributed by atoms with Gasteiger partial charge in [-0.3, -0.25) is 4.79 Å². The van der Waals surface area contributed by atoms with Gasteiger partial charge in [0.05, 0.1) is 16.8 Å². The molecule has 4 N–H and O–H groups in total. The fraction of sp³-hybridized carbons (Fsp3) is 0. The molecule has 5 nitrogen and oxygen atoms in total. The summed E-state index contributed by atoms with van der Waals surface area (Å²) < 4.78 is 26.3. The minimum Gasteiger partial charge on any atom is -0.478 e. The number of carbonyl (C=O) groups is 2. The summed E-state index contributed by atoms with van der Waals surface area (Å²) in [5.74, 6) is -4.04. The number of carboxylic acids is 1. The number of nitrogens with two attached hydrogens (primary N) is 1. The Balaban J connectivity index is 2.34. The first-order chi connectivity index (χ1) is 9.88. The number of hydrogen-bond acceptors (Lipinski definition) is 3. The van der Waals surface area contributed by atoms with Gasteiger partial charge in [-0.25, -0.2) is 13.6 Å². The van der Waals surface area contributed by atoms with E-state index < -0.39 is 29.1 Å². The van der Waals surface area contributed by atoms with Crippen LogP contribution in [0.1, 0.15) is 20.7 Å². The number of amides is 1. The number of halogens is 2. The fourth-order valence-corrected chi connectivity index (χ4v) is 1.71. The van der Waals surface area contributed by atoms with Gasteiger partial charge in [0.2, 0.25) is 0 Å². The molecule has 0 radical (unpaired) electrons. The maximum absolute atomic E-state index is 13.5. The lowest BCUT2D eigenvalue weighted by Gasteiger charge is -2.09. The molecule has 1 amide bonds. The second-order valence-electron chi connectivity index (χ2n) is 4.19. The maximum Gasteiger partial charge on any atom is 0.337 e. The van der Waals surface area contributed by atoms with Crippen LogP contribution in [0.25, 0.3) is 0 Å². The number of carbonyl (C=O) groups excluding carboxylic acids is 1. The Morgan fingerprint density at radius 1 is 1.05 bits per heavy atom. The zero-order chi connectivity index (χ0) is 15.6. The van der Waals surface area contributed by atoms with Crippen LogP contribution in [0.2, 0.25) is 0 Å². The predicted octanol–water partition coefficient (Wildman–Crippen LogP) is 2.50. The summed E-state index contributed by atoms with van der Waals surface area (Å²) in [6, 6.07) is 6.31. The summed E-state index contributed by atoms with van der Waals surface area (Å²) in [4.78, 5) is 23.0. The number of rotatable bonds is 3. The van der Waals surface area contributed by atoms with Gasteiger partial charge in [-0.2, -0.15) is 0 Å². The number of nitrogen functional groups attached to an aromatic ring is 1. The van der Waals surface area contributed by atoms with Gasteiger partial charge >= 0.3 is 5.97 Å². The van der Waals surface area contributed by atoms with Crippen LogP contribution in [0, 0.1) is 11.6 Å². The molecule has 0 aliphatic heterocycles. The van der Waals surface area contributed by atoms with E-state index in [1.807, 2.05) is 0 Å². The molecule has 7 heteroatoms. The third-order valence-corrected chi connectivity index (χ3v) is 2.70. The Bertz CT molecular complexity index is 732. The van der Waals surface area contributed by atoms with E-state index in [1.54, 1.807) is 0 Å². The quantitative estimate of drug-likeness (QED) is 0.758. The lowest BCUT2D eigenvalue weighted by molar-refractivity contribution is 0.0698. The number of benzene rings is 2. The van der Waals surface area contributed by atoms with Crippen LogP contribution in [0.4, 0.5) is 20.2 Å². The second kappa shape index (κ2) is 5.58. The van der Waals surface area contributed by atoms with Crippen molar-refractivity contribution >= 4 is 23.3 Å². The van der Waals surface area contributed by atoms with Crippen LogP contribution in [0.3, 0.4) is 0 Å². The van der Waals surface area contributed by atoms with E-state index in [-0.39, 0.29) is 16.9 Å². The van der Waals surface area contributed by atoms with E-state index in [9.17, 15) is 18.4 Å². The summed E-state index contributed by atoms with van der Waals surface area (Å²) in [6.45, 7) is 0. The van der Waals surface area contributed by atoms with Gasteiger partial charge in [0.15, 0.2) is 0 Å². The Hall–Kier alpha value is -2.96. The lowest BCUT2D eigenvalue weighted by Crippen LogP contribution is -2.16. The molecule has 0 heterocycles. The number of hydrogen-bond donors (Lipinski definition) is 3. The number of anilines is 2. The molecule has 0 aliphatic rings. The van der Waals surface area contributed by atoms with Crippen molar-refractivity contribution in [2.75, 3.05) is 11.1 Å². The largest absolute Gasteiger partial charge is 0.478 e. The van der Waals surface area contributed by atoms with Gasteiger partial charge in [-0.05, 0) is 30.3 Å². The SMILES string of the molecule is Nc1ccc(NC(=O)c2ccc(F)cc2F)c(C(=O)O)c1. The van der Waals surface area contributed by atoms with Crippen LogP contribution in [0.15, 0.2) is 36.4 Å². The lowest BCUT2D eigenvalue weighted by atomic mass is 10.1. The minimum absolute atomic E-state index is 0.0366. The first-order valence-electron chi connectivity index (χ1n) is 5.77. The zero-order valence-corrected chi connectivity index (χ0v) is 10.6. The Morgan fingerprint density at radius 3 is 2.38 bits per heavy atom. The van der Waals surface area contributed by atoms with E-state index in [0.29, 0.717) is 6.07 Å². The molecule has 2 rings (SSSR count). The minimum atomic E-state index is -1.29. The molecule has 0 aromatic heterocycles. The molecule has 21 heavy (non-hydrogen) atoms. The molecule has 0 fully saturated rings. The zero-order valence-electron chi connectivity index (χ0n) is 10.6. The molecule has 0 spiro atoms. The fourth-order valence-electron chi connectivity index (χ4n) is 1.71. The summed E-state index contributed by atoms with van der Waals surface area (Å²) in [5, 5.41) is 11.3. The van der Waals surface area contributed by atoms with Gasteiger partial charge in [-0.1, -0.05) is 0 Å². The first-order valence-corrected chi connectivity index (χ1v) is 5.77. The highest BCUT2D eigenvalue weighted by Gasteiger charge is 2.16. The van der Waals surface area contributed by atoms with Crippen LogP contribution in [0.5, 0.6) is 0 Å².